The summed E-state index contributed by atoms with van der Waals surface area (Å²) in [5, 5.41) is 29.3. The van der Waals surface area contributed by atoms with Crippen molar-refractivity contribution in [3.63, 3.8) is 0 Å². The van der Waals surface area contributed by atoms with Crippen LogP contribution in [0.3, 0.4) is 0 Å². The smallest absolute Gasteiger partial charge is 0.312 e. The van der Waals surface area contributed by atoms with Crippen molar-refractivity contribution in [1.82, 2.24) is 0 Å². The number of carbonyl (C=O) groups is 1. The van der Waals surface area contributed by atoms with Crippen molar-refractivity contribution in [2.75, 3.05) is 6.61 Å². The van der Waals surface area contributed by atoms with Crippen LogP contribution in [0.5, 0.6) is 0 Å². The van der Waals surface area contributed by atoms with Crippen LogP contribution in [-0.4, -0.2) is 17.5 Å². The van der Waals surface area contributed by atoms with Gasteiger partial charge in [0.15, 0.2) is 5.41 Å². The Kier molecular flexibility index (Phi) is 3.60. The maximum Gasteiger partial charge on any atom is 0.312 e. The van der Waals surface area contributed by atoms with E-state index >= 15 is 0 Å². The number of nitro benzene ring substituents is 1. The molecule has 0 aliphatic heterocycles. The lowest BCUT2D eigenvalue weighted by atomic mass is 10.0. The first-order chi connectivity index (χ1) is 10.0. The summed E-state index contributed by atoms with van der Waals surface area (Å²) in [7, 11) is 0. The van der Waals surface area contributed by atoms with E-state index in [1.54, 1.807) is 13.0 Å². The maximum absolute atomic E-state index is 11.9. The summed E-state index contributed by atoms with van der Waals surface area (Å²) in [6.07, 6.45) is 0. The van der Waals surface area contributed by atoms with Gasteiger partial charge < -0.3 is 4.74 Å². The minimum absolute atomic E-state index is 0.143. The van der Waals surface area contributed by atoms with Gasteiger partial charge in [0.1, 0.15) is 0 Å². The molecular weight excluding hydrogens is 274 g/mol. The van der Waals surface area contributed by atoms with E-state index in [-0.39, 0.29) is 12.3 Å². The van der Waals surface area contributed by atoms with E-state index in [0.717, 1.165) is 0 Å². The zero-order valence-electron chi connectivity index (χ0n) is 11.1. The molecule has 1 aromatic carbocycles. The van der Waals surface area contributed by atoms with Crippen LogP contribution in [-0.2, 0) is 9.53 Å². The van der Waals surface area contributed by atoms with E-state index in [9.17, 15) is 25.4 Å². The summed E-state index contributed by atoms with van der Waals surface area (Å²) in [5.74, 6) is -2.24. The Bertz CT molecular complexity index is 672. The number of ether oxygens (including phenoxy) is 1. The van der Waals surface area contributed by atoms with E-state index in [0.29, 0.717) is 5.56 Å². The maximum atomic E-state index is 11.9. The second kappa shape index (κ2) is 5.22. The van der Waals surface area contributed by atoms with Gasteiger partial charge in [-0.15, -0.1) is 0 Å². The second-order valence-corrected chi connectivity index (χ2v) is 4.65. The summed E-state index contributed by atoms with van der Waals surface area (Å²) in [6, 6.07) is 9.35. The molecule has 0 aromatic heterocycles. The van der Waals surface area contributed by atoms with Crippen LogP contribution in [0.25, 0.3) is 0 Å². The Morgan fingerprint density at radius 2 is 2.14 bits per heavy atom. The first-order valence-electron chi connectivity index (χ1n) is 6.25. The molecule has 1 aromatic rings. The molecule has 0 radical (unpaired) electrons. The molecule has 7 heteroatoms. The quantitative estimate of drug-likeness (QED) is 0.473. The van der Waals surface area contributed by atoms with Crippen molar-refractivity contribution in [2.24, 2.45) is 11.3 Å². The Hall–Kier alpha value is -2.93. The molecule has 0 bridgehead atoms. The molecule has 1 saturated carbocycles. The van der Waals surface area contributed by atoms with Gasteiger partial charge in [0.2, 0.25) is 0 Å². The highest BCUT2D eigenvalue weighted by Crippen LogP contribution is 2.64. The molecular formula is C14H11N3O4. The van der Waals surface area contributed by atoms with Gasteiger partial charge in [0.25, 0.3) is 5.69 Å². The van der Waals surface area contributed by atoms with Gasteiger partial charge in [-0.1, -0.05) is 12.1 Å². The Morgan fingerprint density at radius 1 is 1.48 bits per heavy atom. The number of hydrogen-bond acceptors (Lipinski definition) is 6. The third kappa shape index (κ3) is 2.19. The molecule has 1 fully saturated rings. The number of nitro groups is 1. The molecule has 106 valence electrons. The number of nitrogens with zero attached hydrogens (tertiary/aromatic N) is 3. The summed E-state index contributed by atoms with van der Waals surface area (Å²) >= 11 is 0. The average molecular weight is 285 g/mol. The van der Waals surface area contributed by atoms with Crippen LogP contribution >= 0.6 is 0 Å². The summed E-state index contributed by atoms with van der Waals surface area (Å²) in [4.78, 5) is 22.1. The summed E-state index contributed by atoms with van der Waals surface area (Å²) in [5.41, 5.74) is -1.24. The van der Waals surface area contributed by atoms with Gasteiger partial charge in [-0.3, -0.25) is 14.9 Å². The Balaban J connectivity index is 2.41. The molecule has 0 unspecified atom stereocenters. The number of benzene rings is 1. The Labute approximate surface area is 120 Å². The largest absolute Gasteiger partial charge is 0.466 e. The number of carbonyl (C=O) groups excluding carboxylic acids is 1. The summed E-state index contributed by atoms with van der Waals surface area (Å²) < 4.78 is 4.88. The van der Waals surface area contributed by atoms with Gasteiger partial charge in [-0.25, -0.2) is 0 Å². The highest BCUT2D eigenvalue weighted by molar-refractivity contribution is 5.82. The topological polar surface area (TPSA) is 117 Å². The number of esters is 1. The van der Waals surface area contributed by atoms with Crippen molar-refractivity contribution < 1.29 is 14.5 Å². The number of hydrogen-bond donors (Lipinski definition) is 0. The lowest BCUT2D eigenvalue weighted by molar-refractivity contribution is -0.384. The first kappa shape index (κ1) is 14.5. The van der Waals surface area contributed by atoms with Crippen molar-refractivity contribution >= 4 is 11.7 Å². The third-order valence-electron chi connectivity index (χ3n) is 3.56. The third-order valence-corrected chi connectivity index (χ3v) is 3.56. The zero-order valence-corrected chi connectivity index (χ0v) is 11.1. The molecule has 0 heterocycles. The first-order valence-corrected chi connectivity index (χ1v) is 6.25. The highest BCUT2D eigenvalue weighted by atomic mass is 16.6. The monoisotopic (exact) mass is 285 g/mol. The van der Waals surface area contributed by atoms with Crippen LogP contribution in [0.1, 0.15) is 18.4 Å². The number of rotatable bonds is 4. The SMILES string of the molecule is CCOC(=O)[C@@H]1[C@H](c2cccc([N+](=O)[O-])c2)C1(C#N)C#N. The van der Waals surface area contributed by atoms with E-state index in [2.05, 4.69) is 0 Å². The summed E-state index contributed by atoms with van der Waals surface area (Å²) in [6.45, 7) is 1.77. The minimum atomic E-state index is -1.51. The van der Waals surface area contributed by atoms with Crippen LogP contribution < -0.4 is 0 Å². The fourth-order valence-corrected chi connectivity index (χ4v) is 2.53. The highest BCUT2D eigenvalue weighted by Gasteiger charge is 2.72. The van der Waals surface area contributed by atoms with Gasteiger partial charge in [-0.2, -0.15) is 10.5 Å². The fraction of sp³-hybridized carbons (Fsp3) is 0.357. The van der Waals surface area contributed by atoms with Crippen LogP contribution in [0.2, 0.25) is 0 Å². The average Bonchev–Trinajstić information content (AvgIpc) is 3.17. The molecule has 2 atom stereocenters. The normalized spacial score (nSPS) is 21.7. The van der Waals surface area contributed by atoms with Crippen LogP contribution in [0, 0.1) is 44.1 Å². The molecule has 0 saturated heterocycles. The molecule has 0 amide bonds. The Morgan fingerprint density at radius 3 is 2.67 bits per heavy atom. The van der Waals surface area contributed by atoms with E-state index in [1.165, 1.54) is 18.2 Å². The lowest BCUT2D eigenvalue weighted by Gasteiger charge is -2.00. The van der Waals surface area contributed by atoms with Gasteiger partial charge in [-0.05, 0) is 12.5 Å². The lowest BCUT2D eigenvalue weighted by Crippen LogP contribution is -2.11. The predicted octanol–water partition coefficient (Wildman–Crippen LogP) is 1.90. The van der Waals surface area contributed by atoms with Crippen LogP contribution in [0.4, 0.5) is 5.69 Å². The fourth-order valence-electron chi connectivity index (χ4n) is 2.53. The van der Waals surface area contributed by atoms with Crippen LogP contribution in [0.15, 0.2) is 24.3 Å². The van der Waals surface area contributed by atoms with Gasteiger partial charge in [0, 0.05) is 18.1 Å². The number of non-ortho nitro benzene ring substituents is 1. The van der Waals surface area contributed by atoms with E-state index < -0.39 is 28.1 Å². The van der Waals surface area contributed by atoms with Crippen molar-refractivity contribution in [1.29, 1.82) is 10.5 Å². The molecule has 0 spiro atoms. The second-order valence-electron chi connectivity index (χ2n) is 4.65. The van der Waals surface area contributed by atoms with Gasteiger partial charge >= 0.3 is 5.97 Å². The molecule has 7 nitrogen and oxygen atoms in total. The molecule has 1 aliphatic carbocycles. The van der Waals surface area contributed by atoms with Crippen molar-refractivity contribution in [2.45, 2.75) is 12.8 Å². The van der Waals surface area contributed by atoms with Crippen molar-refractivity contribution in [3.8, 4) is 12.1 Å². The predicted molar refractivity (Wildman–Crippen MR) is 69.6 cm³/mol. The van der Waals surface area contributed by atoms with Gasteiger partial charge in [0.05, 0.1) is 29.6 Å². The number of nitriles is 2. The molecule has 21 heavy (non-hydrogen) atoms. The molecule has 2 rings (SSSR count). The minimum Gasteiger partial charge on any atom is -0.466 e. The van der Waals surface area contributed by atoms with E-state index in [1.807, 2.05) is 12.1 Å². The van der Waals surface area contributed by atoms with E-state index in [4.69, 9.17) is 4.74 Å². The zero-order chi connectivity index (χ0) is 15.6. The molecule has 1 aliphatic rings. The standard InChI is InChI=1S/C14H11N3O4/c1-2-21-13(18)12-11(14(12,7-15)8-16)9-4-3-5-10(6-9)17(19)20/h3-6,11-12H,2H2,1H3/t11-,12-/m0/s1. The molecule has 0 N–H and O–H groups in total. The van der Waals surface area contributed by atoms with Crippen molar-refractivity contribution in [3.05, 3.63) is 39.9 Å².